The number of carbonyl (C=O) groups excluding carboxylic acids is 2. The van der Waals surface area contributed by atoms with Crippen molar-refractivity contribution in [2.75, 3.05) is 19.7 Å². The lowest BCUT2D eigenvalue weighted by Crippen LogP contribution is -2.53. The van der Waals surface area contributed by atoms with Crippen molar-refractivity contribution in [2.45, 2.75) is 45.8 Å². The first-order valence-electron chi connectivity index (χ1n) is 6.70. The van der Waals surface area contributed by atoms with Crippen molar-refractivity contribution in [3.05, 3.63) is 0 Å². The number of hydrogen-bond donors (Lipinski definition) is 2. The molecule has 0 bridgehead atoms. The highest BCUT2D eigenvalue weighted by Crippen LogP contribution is 2.15. The van der Waals surface area contributed by atoms with E-state index >= 15 is 0 Å². The molecule has 2 atom stereocenters. The molecule has 1 amide bonds. The van der Waals surface area contributed by atoms with Gasteiger partial charge in [0.1, 0.15) is 5.60 Å². The van der Waals surface area contributed by atoms with Gasteiger partial charge in [0.25, 0.3) is 0 Å². The lowest BCUT2D eigenvalue weighted by atomic mass is 9.93. The van der Waals surface area contributed by atoms with Gasteiger partial charge in [-0.25, -0.2) is 4.79 Å². The molecular formula is C13H24N2O4. The van der Waals surface area contributed by atoms with Gasteiger partial charge in [0.15, 0.2) is 0 Å². The summed E-state index contributed by atoms with van der Waals surface area (Å²) in [4.78, 5) is 23.6. The van der Waals surface area contributed by atoms with Gasteiger partial charge >= 0.3 is 12.1 Å². The maximum absolute atomic E-state index is 11.8. The summed E-state index contributed by atoms with van der Waals surface area (Å²) >= 11 is 0. The first-order chi connectivity index (χ1) is 8.83. The SMILES string of the molecule is CCOC(=O)[C@H]1CNCC[C@H]1NC(=O)OC(C)(C)C. The molecule has 1 heterocycles. The molecular weight excluding hydrogens is 248 g/mol. The molecule has 19 heavy (non-hydrogen) atoms. The number of alkyl carbamates (subject to hydrolysis) is 1. The Labute approximate surface area is 114 Å². The molecule has 0 aliphatic carbocycles. The van der Waals surface area contributed by atoms with E-state index in [2.05, 4.69) is 10.6 Å². The molecule has 0 spiro atoms. The minimum absolute atomic E-state index is 0.241. The predicted molar refractivity (Wildman–Crippen MR) is 70.8 cm³/mol. The quantitative estimate of drug-likeness (QED) is 0.751. The van der Waals surface area contributed by atoms with Gasteiger partial charge in [-0.15, -0.1) is 0 Å². The van der Waals surface area contributed by atoms with Gasteiger partial charge in [-0.2, -0.15) is 0 Å². The van der Waals surface area contributed by atoms with Crippen LogP contribution in [0, 0.1) is 5.92 Å². The van der Waals surface area contributed by atoms with E-state index in [1.807, 2.05) is 0 Å². The Kier molecular flexibility index (Phi) is 5.60. The Balaban J connectivity index is 2.57. The monoisotopic (exact) mass is 272 g/mol. The molecule has 0 aromatic heterocycles. The summed E-state index contributed by atoms with van der Waals surface area (Å²) < 4.78 is 10.2. The number of piperidine rings is 1. The Bertz CT molecular complexity index is 325. The van der Waals surface area contributed by atoms with Crippen LogP contribution in [0.15, 0.2) is 0 Å². The van der Waals surface area contributed by atoms with E-state index in [0.29, 0.717) is 19.6 Å². The Hall–Kier alpha value is -1.30. The van der Waals surface area contributed by atoms with E-state index < -0.39 is 11.7 Å². The Morgan fingerprint density at radius 2 is 2.05 bits per heavy atom. The molecule has 6 nitrogen and oxygen atoms in total. The van der Waals surface area contributed by atoms with Gasteiger partial charge < -0.3 is 20.1 Å². The molecule has 1 aliphatic rings. The van der Waals surface area contributed by atoms with Crippen molar-refractivity contribution in [1.29, 1.82) is 0 Å². The molecule has 0 aromatic rings. The van der Waals surface area contributed by atoms with Crippen LogP contribution in [-0.4, -0.2) is 43.4 Å². The third kappa shape index (κ3) is 5.46. The minimum atomic E-state index is -0.545. The summed E-state index contributed by atoms with van der Waals surface area (Å²) in [5, 5.41) is 5.90. The molecule has 1 saturated heterocycles. The van der Waals surface area contributed by atoms with E-state index in [-0.39, 0.29) is 17.9 Å². The van der Waals surface area contributed by atoms with Crippen LogP contribution in [0.5, 0.6) is 0 Å². The summed E-state index contributed by atoms with van der Waals surface area (Å²) in [5.41, 5.74) is -0.545. The lowest BCUT2D eigenvalue weighted by molar-refractivity contribution is -0.149. The molecule has 0 unspecified atom stereocenters. The van der Waals surface area contributed by atoms with Crippen LogP contribution in [-0.2, 0) is 14.3 Å². The molecule has 6 heteroatoms. The van der Waals surface area contributed by atoms with Gasteiger partial charge in [0, 0.05) is 12.6 Å². The van der Waals surface area contributed by atoms with E-state index in [9.17, 15) is 9.59 Å². The molecule has 1 rings (SSSR count). The lowest BCUT2D eigenvalue weighted by Gasteiger charge is -2.31. The van der Waals surface area contributed by atoms with Crippen LogP contribution in [0.4, 0.5) is 4.79 Å². The smallest absolute Gasteiger partial charge is 0.407 e. The van der Waals surface area contributed by atoms with Gasteiger partial charge in [-0.05, 0) is 40.7 Å². The fraction of sp³-hybridized carbons (Fsp3) is 0.846. The zero-order valence-corrected chi connectivity index (χ0v) is 12.1. The van der Waals surface area contributed by atoms with Crippen molar-refractivity contribution in [1.82, 2.24) is 10.6 Å². The van der Waals surface area contributed by atoms with E-state index in [1.165, 1.54) is 0 Å². The zero-order chi connectivity index (χ0) is 14.5. The highest BCUT2D eigenvalue weighted by molar-refractivity contribution is 5.75. The van der Waals surface area contributed by atoms with Gasteiger partial charge in [-0.3, -0.25) is 4.79 Å². The minimum Gasteiger partial charge on any atom is -0.466 e. The van der Waals surface area contributed by atoms with Gasteiger partial charge in [-0.1, -0.05) is 0 Å². The summed E-state index contributed by atoms with van der Waals surface area (Å²) in [6.45, 7) is 8.79. The van der Waals surface area contributed by atoms with Gasteiger partial charge in [0.2, 0.25) is 0 Å². The number of esters is 1. The standard InChI is InChI=1S/C13H24N2O4/c1-5-18-11(16)9-8-14-7-6-10(9)15-12(17)19-13(2,3)4/h9-10,14H,5-8H2,1-4H3,(H,15,17)/t9-,10+/m0/s1. The maximum atomic E-state index is 11.8. The largest absolute Gasteiger partial charge is 0.466 e. The average Bonchev–Trinajstić information content (AvgIpc) is 2.27. The summed E-state index contributed by atoms with van der Waals surface area (Å²) in [6.07, 6.45) is 0.191. The number of rotatable bonds is 3. The van der Waals surface area contributed by atoms with Gasteiger partial charge in [0.05, 0.1) is 12.5 Å². The van der Waals surface area contributed by atoms with Crippen molar-refractivity contribution in [3.63, 3.8) is 0 Å². The second-order valence-electron chi connectivity index (χ2n) is 5.60. The molecule has 0 radical (unpaired) electrons. The Morgan fingerprint density at radius 1 is 1.37 bits per heavy atom. The van der Waals surface area contributed by atoms with Crippen LogP contribution < -0.4 is 10.6 Å². The fourth-order valence-electron chi connectivity index (χ4n) is 1.99. The molecule has 2 N–H and O–H groups in total. The molecule has 0 aromatic carbocycles. The summed E-state index contributed by atoms with van der Waals surface area (Å²) in [5.74, 6) is -0.642. The number of amides is 1. The summed E-state index contributed by atoms with van der Waals surface area (Å²) in [6, 6.07) is -0.241. The van der Waals surface area contributed by atoms with Crippen LogP contribution in [0.25, 0.3) is 0 Å². The van der Waals surface area contributed by atoms with Crippen molar-refractivity contribution < 1.29 is 19.1 Å². The number of nitrogens with one attached hydrogen (secondary N) is 2. The first kappa shape index (κ1) is 15.8. The third-order valence-corrected chi connectivity index (χ3v) is 2.77. The molecule has 1 fully saturated rings. The number of ether oxygens (including phenoxy) is 2. The normalized spacial score (nSPS) is 23.6. The highest BCUT2D eigenvalue weighted by atomic mass is 16.6. The van der Waals surface area contributed by atoms with Crippen LogP contribution in [0.3, 0.4) is 0 Å². The van der Waals surface area contributed by atoms with Crippen LogP contribution >= 0.6 is 0 Å². The topological polar surface area (TPSA) is 76.7 Å². The first-order valence-corrected chi connectivity index (χ1v) is 6.70. The van der Waals surface area contributed by atoms with Crippen LogP contribution in [0.1, 0.15) is 34.1 Å². The predicted octanol–water partition coefficient (Wildman–Crippen LogP) is 1.05. The molecule has 1 aliphatic heterocycles. The second kappa shape index (κ2) is 6.75. The fourth-order valence-corrected chi connectivity index (χ4v) is 1.99. The third-order valence-electron chi connectivity index (χ3n) is 2.77. The van der Waals surface area contributed by atoms with Crippen LogP contribution in [0.2, 0.25) is 0 Å². The van der Waals surface area contributed by atoms with Crippen molar-refractivity contribution in [3.8, 4) is 0 Å². The van der Waals surface area contributed by atoms with E-state index in [0.717, 1.165) is 6.54 Å². The maximum Gasteiger partial charge on any atom is 0.407 e. The number of hydrogen-bond acceptors (Lipinski definition) is 5. The van der Waals surface area contributed by atoms with Crippen molar-refractivity contribution in [2.24, 2.45) is 5.92 Å². The second-order valence-corrected chi connectivity index (χ2v) is 5.60. The summed E-state index contributed by atoms with van der Waals surface area (Å²) in [7, 11) is 0. The van der Waals surface area contributed by atoms with Crippen molar-refractivity contribution >= 4 is 12.1 Å². The van der Waals surface area contributed by atoms with E-state index in [4.69, 9.17) is 9.47 Å². The zero-order valence-electron chi connectivity index (χ0n) is 12.1. The Morgan fingerprint density at radius 3 is 2.63 bits per heavy atom. The molecule has 110 valence electrons. The molecule has 0 saturated carbocycles. The average molecular weight is 272 g/mol. The highest BCUT2D eigenvalue weighted by Gasteiger charge is 2.34. The van der Waals surface area contributed by atoms with E-state index in [1.54, 1.807) is 27.7 Å². The number of carbonyl (C=O) groups is 2.